The van der Waals surface area contributed by atoms with E-state index in [1.807, 2.05) is 0 Å². The van der Waals surface area contributed by atoms with Crippen molar-refractivity contribution in [2.45, 2.75) is 0 Å². The van der Waals surface area contributed by atoms with E-state index in [0.29, 0.717) is 25.1 Å². The number of ether oxygens (including phenoxy) is 1. The first-order valence-electron chi connectivity index (χ1n) is 7.18. The van der Waals surface area contributed by atoms with Crippen LogP contribution in [0, 0.1) is 0 Å². The Balaban J connectivity index is 1.79. The summed E-state index contributed by atoms with van der Waals surface area (Å²) in [5.74, 6) is -0.166. The lowest BCUT2D eigenvalue weighted by atomic mass is 10.2. The van der Waals surface area contributed by atoms with Crippen LogP contribution in [-0.2, 0) is 0 Å². The quantitative estimate of drug-likeness (QED) is 0.385. The topological polar surface area (TPSA) is 84.1 Å². The van der Waals surface area contributed by atoms with Crippen LogP contribution >= 0.6 is 43.5 Å². The predicted molar refractivity (Wildman–Crippen MR) is 106 cm³/mol. The molecule has 0 saturated carbocycles. The molecule has 26 heavy (non-hydrogen) atoms. The molecule has 9 heteroatoms. The Kier molecular flexibility index (Phi) is 5.55. The smallest absolute Gasteiger partial charge is 0.307 e. The number of nitrogens with zero attached hydrogens (tertiary/aromatic N) is 1. The molecule has 2 N–H and O–H groups in total. The van der Waals surface area contributed by atoms with E-state index in [2.05, 4.69) is 42.4 Å². The fourth-order valence-corrected chi connectivity index (χ4v) is 3.21. The number of carbonyl (C=O) groups is 1. The fourth-order valence-electron chi connectivity index (χ4n) is 2.20. The van der Waals surface area contributed by atoms with Gasteiger partial charge in [0, 0.05) is 20.4 Å². The highest BCUT2D eigenvalue weighted by molar-refractivity contribution is 9.13. The molecule has 0 aliphatic rings. The second-order valence-electron chi connectivity index (χ2n) is 5.14. The summed E-state index contributed by atoms with van der Waals surface area (Å²) in [7, 11) is 1.44. The molecule has 0 atom stereocenters. The summed E-state index contributed by atoms with van der Waals surface area (Å²) in [6.45, 7) is 0. The number of carbonyl (C=O) groups excluding carboxylic acids is 1. The summed E-state index contributed by atoms with van der Waals surface area (Å²) in [5, 5.41) is 15.1. The number of halogens is 3. The number of nitrogens with one attached hydrogen (secondary N) is 1. The molecule has 1 aromatic heterocycles. The first-order valence-corrected chi connectivity index (χ1v) is 9.14. The highest BCUT2D eigenvalue weighted by Crippen LogP contribution is 2.41. The monoisotopic (exact) mass is 500 g/mol. The average molecular weight is 503 g/mol. The molecule has 0 unspecified atom stereocenters. The average Bonchev–Trinajstić information content (AvgIpc) is 3.04. The van der Waals surface area contributed by atoms with Crippen molar-refractivity contribution in [1.82, 2.24) is 5.43 Å². The van der Waals surface area contributed by atoms with Crippen LogP contribution in [0.4, 0.5) is 0 Å². The molecule has 0 fully saturated rings. The molecule has 6 nitrogen and oxygen atoms in total. The molecule has 3 aromatic rings. The van der Waals surface area contributed by atoms with Gasteiger partial charge in [-0.3, -0.25) is 4.79 Å². The largest absolute Gasteiger partial charge is 0.503 e. The molecule has 0 spiro atoms. The number of methoxy groups -OCH3 is 1. The van der Waals surface area contributed by atoms with Crippen LogP contribution in [0.1, 0.15) is 16.1 Å². The lowest BCUT2D eigenvalue weighted by molar-refractivity contribution is 0.0929. The maximum Gasteiger partial charge on any atom is 0.307 e. The molecule has 1 amide bonds. The first-order chi connectivity index (χ1) is 12.4. The Morgan fingerprint density at radius 2 is 2.08 bits per heavy atom. The standard InChI is InChI=1S/C17H11Br2ClN2O4/c1-25-12-6-9(14(18)15(19)16(12)23)7-21-22-17(24)13-5-8-4-10(20)2-3-11(8)26-13/h2-7,23H,1H3,(H,22,24)/b21-7+. The van der Waals surface area contributed by atoms with Gasteiger partial charge in [0.2, 0.25) is 0 Å². The van der Waals surface area contributed by atoms with Gasteiger partial charge in [-0.05, 0) is 62.2 Å². The number of furan rings is 1. The number of phenols is 1. The van der Waals surface area contributed by atoms with Gasteiger partial charge >= 0.3 is 5.91 Å². The third-order valence-corrected chi connectivity index (χ3v) is 5.86. The minimum absolute atomic E-state index is 0.0403. The minimum Gasteiger partial charge on any atom is -0.503 e. The normalized spacial score (nSPS) is 11.2. The second kappa shape index (κ2) is 7.69. The molecule has 134 valence electrons. The van der Waals surface area contributed by atoms with Crippen molar-refractivity contribution in [3.05, 3.63) is 55.6 Å². The number of amides is 1. The van der Waals surface area contributed by atoms with Crippen LogP contribution in [0.15, 0.2) is 48.8 Å². The number of rotatable bonds is 4. The second-order valence-corrected chi connectivity index (χ2v) is 7.16. The summed E-state index contributed by atoms with van der Waals surface area (Å²) in [6.07, 6.45) is 1.41. The third-order valence-electron chi connectivity index (χ3n) is 3.47. The zero-order chi connectivity index (χ0) is 18.8. The van der Waals surface area contributed by atoms with Gasteiger partial charge in [-0.1, -0.05) is 11.6 Å². The van der Waals surface area contributed by atoms with Crippen LogP contribution < -0.4 is 10.2 Å². The molecule has 0 radical (unpaired) electrons. The Morgan fingerprint density at radius 1 is 1.31 bits per heavy atom. The lowest BCUT2D eigenvalue weighted by Crippen LogP contribution is -2.16. The Bertz CT molecular complexity index is 1030. The number of benzene rings is 2. The molecule has 0 saturated heterocycles. The summed E-state index contributed by atoms with van der Waals surface area (Å²) >= 11 is 12.5. The number of fused-ring (bicyclic) bond motifs is 1. The molecule has 0 bridgehead atoms. The summed E-state index contributed by atoms with van der Waals surface area (Å²) < 4.78 is 11.5. The van der Waals surface area contributed by atoms with E-state index >= 15 is 0 Å². The summed E-state index contributed by atoms with van der Waals surface area (Å²) in [5.41, 5.74) is 3.53. The van der Waals surface area contributed by atoms with Gasteiger partial charge in [0.1, 0.15) is 5.58 Å². The first kappa shape index (κ1) is 18.8. The van der Waals surface area contributed by atoms with Crippen molar-refractivity contribution < 1.29 is 19.1 Å². The van der Waals surface area contributed by atoms with E-state index in [1.165, 1.54) is 13.3 Å². The number of aromatic hydroxyl groups is 1. The van der Waals surface area contributed by atoms with E-state index in [4.69, 9.17) is 20.8 Å². The van der Waals surface area contributed by atoms with Crippen LogP contribution in [-0.4, -0.2) is 24.3 Å². The Hall–Kier alpha value is -2.03. The van der Waals surface area contributed by atoms with E-state index < -0.39 is 5.91 Å². The summed E-state index contributed by atoms with van der Waals surface area (Å²) in [4.78, 5) is 12.2. The minimum atomic E-state index is -0.505. The number of hydrazone groups is 1. The Labute approximate surface area is 170 Å². The van der Waals surface area contributed by atoms with E-state index in [-0.39, 0.29) is 17.3 Å². The lowest BCUT2D eigenvalue weighted by Gasteiger charge is -2.09. The zero-order valence-corrected chi connectivity index (χ0v) is 17.1. The molecule has 1 heterocycles. The number of hydrogen-bond acceptors (Lipinski definition) is 5. The summed E-state index contributed by atoms with van der Waals surface area (Å²) in [6, 6.07) is 8.23. The maximum absolute atomic E-state index is 12.2. The van der Waals surface area contributed by atoms with Crippen LogP contribution in [0.25, 0.3) is 11.0 Å². The van der Waals surface area contributed by atoms with Crippen LogP contribution in [0.3, 0.4) is 0 Å². The van der Waals surface area contributed by atoms with Crippen LogP contribution in [0.5, 0.6) is 11.5 Å². The van der Waals surface area contributed by atoms with Gasteiger partial charge < -0.3 is 14.3 Å². The van der Waals surface area contributed by atoms with Crippen molar-refractivity contribution in [2.75, 3.05) is 7.11 Å². The van der Waals surface area contributed by atoms with Crippen LogP contribution in [0.2, 0.25) is 5.02 Å². The van der Waals surface area contributed by atoms with Gasteiger partial charge in [-0.25, -0.2) is 5.43 Å². The Morgan fingerprint density at radius 3 is 2.81 bits per heavy atom. The number of phenolic OH excluding ortho intramolecular Hbond substituents is 1. The molecule has 0 aliphatic carbocycles. The molecule has 2 aromatic carbocycles. The predicted octanol–water partition coefficient (Wildman–Crippen LogP) is 5.09. The molecular weight excluding hydrogens is 491 g/mol. The van der Waals surface area contributed by atoms with Crippen molar-refractivity contribution in [3.63, 3.8) is 0 Å². The van der Waals surface area contributed by atoms with Crippen molar-refractivity contribution in [3.8, 4) is 11.5 Å². The van der Waals surface area contributed by atoms with Gasteiger partial charge in [-0.2, -0.15) is 5.10 Å². The fraction of sp³-hybridized carbons (Fsp3) is 0.0588. The van der Waals surface area contributed by atoms with E-state index in [0.717, 1.165) is 5.39 Å². The van der Waals surface area contributed by atoms with Gasteiger partial charge in [0.15, 0.2) is 17.3 Å². The highest BCUT2D eigenvalue weighted by Gasteiger charge is 2.15. The van der Waals surface area contributed by atoms with Crippen molar-refractivity contribution in [2.24, 2.45) is 5.10 Å². The van der Waals surface area contributed by atoms with Crippen molar-refractivity contribution >= 4 is 66.6 Å². The van der Waals surface area contributed by atoms with Gasteiger partial charge in [0.25, 0.3) is 0 Å². The van der Waals surface area contributed by atoms with Gasteiger partial charge in [-0.15, -0.1) is 0 Å². The number of hydrogen-bond donors (Lipinski definition) is 2. The highest BCUT2D eigenvalue weighted by atomic mass is 79.9. The zero-order valence-electron chi connectivity index (χ0n) is 13.2. The molecule has 0 aliphatic heterocycles. The third kappa shape index (κ3) is 3.72. The molecule has 3 rings (SSSR count). The molecular formula is C17H11Br2ClN2O4. The van der Waals surface area contributed by atoms with E-state index in [1.54, 1.807) is 30.3 Å². The SMILES string of the molecule is COc1cc(/C=N/NC(=O)c2cc3cc(Cl)ccc3o2)c(Br)c(Br)c1O. The van der Waals surface area contributed by atoms with E-state index in [9.17, 15) is 9.90 Å². The maximum atomic E-state index is 12.2. The van der Waals surface area contributed by atoms with Crippen molar-refractivity contribution in [1.29, 1.82) is 0 Å². The van der Waals surface area contributed by atoms with Gasteiger partial charge in [0.05, 0.1) is 17.8 Å².